The van der Waals surface area contributed by atoms with Gasteiger partial charge in [-0.05, 0) is 26.8 Å². The van der Waals surface area contributed by atoms with Crippen LogP contribution < -0.4 is 4.90 Å². The van der Waals surface area contributed by atoms with Gasteiger partial charge in [0, 0.05) is 12.7 Å². The highest BCUT2D eigenvalue weighted by Crippen LogP contribution is 2.09. The molecule has 0 amide bonds. The number of carbonyl (C=O) groups excluding carboxylic acids is 1. The molecule has 5 heteroatoms. The molecule has 0 unspecified atom stereocenters. The van der Waals surface area contributed by atoms with Gasteiger partial charge in [0.25, 0.3) is 0 Å². The van der Waals surface area contributed by atoms with Gasteiger partial charge < -0.3 is 9.64 Å². The highest BCUT2D eigenvalue weighted by Gasteiger charge is 2.11. The Kier molecular flexibility index (Phi) is 4.69. The second-order valence-electron chi connectivity index (χ2n) is 3.28. The minimum atomic E-state index is -0.236. The van der Waals surface area contributed by atoms with Crippen molar-refractivity contribution < 1.29 is 9.53 Å². The van der Waals surface area contributed by atoms with Crippen LogP contribution in [0.1, 0.15) is 19.7 Å². The Morgan fingerprint density at radius 2 is 2.25 bits per heavy atom. The first-order chi connectivity index (χ1) is 7.67. The summed E-state index contributed by atoms with van der Waals surface area (Å²) in [6.45, 7) is 6.91. The minimum absolute atomic E-state index is 0.223. The third-order valence-electron chi connectivity index (χ3n) is 2.09. The molecule has 0 radical (unpaired) electrons. The molecule has 1 rings (SSSR count). The minimum Gasteiger partial charge on any atom is -0.465 e. The molecule has 0 aliphatic rings. The number of ether oxygens (including phenoxy) is 1. The molecule has 0 aromatic carbocycles. The number of hydrogen-bond acceptors (Lipinski definition) is 5. The lowest BCUT2D eigenvalue weighted by Gasteiger charge is -2.20. The van der Waals surface area contributed by atoms with E-state index < -0.39 is 0 Å². The quantitative estimate of drug-likeness (QED) is 0.701. The van der Waals surface area contributed by atoms with Crippen molar-refractivity contribution in [1.29, 1.82) is 0 Å². The van der Waals surface area contributed by atoms with Crippen LogP contribution in [0, 0.1) is 6.92 Å². The standard InChI is InChI=1S/C11H17N3O2/c1-4-14(8-11(15)16-5-2)10-6-7-12-9(3)13-10/h6-7H,4-5,8H2,1-3H3. The van der Waals surface area contributed by atoms with E-state index in [1.54, 1.807) is 19.2 Å². The van der Waals surface area contributed by atoms with Gasteiger partial charge in [-0.25, -0.2) is 9.97 Å². The van der Waals surface area contributed by atoms with E-state index in [1.165, 1.54) is 0 Å². The van der Waals surface area contributed by atoms with Gasteiger partial charge >= 0.3 is 5.97 Å². The zero-order chi connectivity index (χ0) is 12.0. The number of likely N-dealkylation sites (N-methyl/N-ethyl adjacent to an activating group) is 1. The van der Waals surface area contributed by atoms with E-state index in [1.807, 2.05) is 18.7 Å². The molecule has 1 heterocycles. The van der Waals surface area contributed by atoms with Gasteiger partial charge in [-0.15, -0.1) is 0 Å². The summed E-state index contributed by atoms with van der Waals surface area (Å²) in [5.41, 5.74) is 0. The van der Waals surface area contributed by atoms with Crippen molar-refractivity contribution in [2.24, 2.45) is 0 Å². The Hall–Kier alpha value is -1.65. The number of hydrogen-bond donors (Lipinski definition) is 0. The van der Waals surface area contributed by atoms with Crippen LogP contribution in [0.15, 0.2) is 12.3 Å². The van der Waals surface area contributed by atoms with Gasteiger partial charge in [0.05, 0.1) is 6.61 Å². The van der Waals surface area contributed by atoms with Crippen LogP contribution in [0.4, 0.5) is 5.82 Å². The Bertz CT molecular complexity index is 355. The predicted molar refractivity (Wildman–Crippen MR) is 61.3 cm³/mol. The zero-order valence-electron chi connectivity index (χ0n) is 9.93. The van der Waals surface area contributed by atoms with Crippen molar-refractivity contribution in [2.75, 3.05) is 24.6 Å². The molecule has 0 spiro atoms. The van der Waals surface area contributed by atoms with Crippen molar-refractivity contribution in [3.05, 3.63) is 18.1 Å². The smallest absolute Gasteiger partial charge is 0.325 e. The predicted octanol–water partition coefficient (Wildman–Crippen LogP) is 1.17. The third-order valence-corrected chi connectivity index (χ3v) is 2.09. The summed E-state index contributed by atoms with van der Waals surface area (Å²) in [5, 5.41) is 0. The number of anilines is 1. The lowest BCUT2D eigenvalue weighted by molar-refractivity contribution is -0.141. The van der Waals surface area contributed by atoms with Crippen LogP contribution in [-0.4, -0.2) is 35.6 Å². The summed E-state index contributed by atoms with van der Waals surface area (Å²) >= 11 is 0. The number of carbonyl (C=O) groups is 1. The monoisotopic (exact) mass is 223 g/mol. The summed E-state index contributed by atoms with van der Waals surface area (Å²) in [4.78, 5) is 21.5. The van der Waals surface area contributed by atoms with E-state index in [-0.39, 0.29) is 12.5 Å². The van der Waals surface area contributed by atoms with Crippen molar-refractivity contribution >= 4 is 11.8 Å². The fourth-order valence-corrected chi connectivity index (χ4v) is 1.34. The van der Waals surface area contributed by atoms with Gasteiger partial charge in [0.2, 0.25) is 0 Å². The number of aryl methyl sites for hydroxylation is 1. The largest absolute Gasteiger partial charge is 0.465 e. The van der Waals surface area contributed by atoms with Gasteiger partial charge in [-0.3, -0.25) is 4.79 Å². The highest BCUT2D eigenvalue weighted by molar-refractivity contribution is 5.75. The Morgan fingerprint density at radius 3 is 2.81 bits per heavy atom. The van der Waals surface area contributed by atoms with E-state index in [0.717, 1.165) is 5.82 Å². The number of aromatic nitrogens is 2. The molecule has 0 saturated heterocycles. The fraction of sp³-hybridized carbons (Fsp3) is 0.545. The molecule has 88 valence electrons. The first-order valence-electron chi connectivity index (χ1n) is 5.37. The maximum absolute atomic E-state index is 11.4. The lowest BCUT2D eigenvalue weighted by Crippen LogP contribution is -2.31. The van der Waals surface area contributed by atoms with Crippen molar-refractivity contribution in [1.82, 2.24) is 9.97 Å². The summed E-state index contributed by atoms with van der Waals surface area (Å²) in [7, 11) is 0. The Morgan fingerprint density at radius 1 is 1.50 bits per heavy atom. The van der Waals surface area contributed by atoms with E-state index in [2.05, 4.69) is 9.97 Å². The first-order valence-corrected chi connectivity index (χ1v) is 5.37. The molecule has 0 fully saturated rings. The first kappa shape index (κ1) is 12.4. The summed E-state index contributed by atoms with van der Waals surface area (Å²) in [6.07, 6.45) is 1.69. The van der Waals surface area contributed by atoms with Crippen molar-refractivity contribution in [2.45, 2.75) is 20.8 Å². The molecule has 0 N–H and O–H groups in total. The maximum Gasteiger partial charge on any atom is 0.325 e. The van der Waals surface area contributed by atoms with Gasteiger partial charge in [0.15, 0.2) is 0 Å². The topological polar surface area (TPSA) is 55.3 Å². The van der Waals surface area contributed by atoms with Crippen molar-refractivity contribution in [3.8, 4) is 0 Å². The molecule has 0 atom stereocenters. The Labute approximate surface area is 95.5 Å². The molecule has 0 bridgehead atoms. The van der Waals surface area contributed by atoms with Gasteiger partial charge in [-0.1, -0.05) is 0 Å². The zero-order valence-corrected chi connectivity index (χ0v) is 9.93. The highest BCUT2D eigenvalue weighted by atomic mass is 16.5. The average molecular weight is 223 g/mol. The summed E-state index contributed by atoms with van der Waals surface area (Å²) in [5.74, 6) is 1.21. The number of rotatable bonds is 5. The van der Waals surface area contributed by atoms with E-state index >= 15 is 0 Å². The van der Waals surface area contributed by atoms with Crippen LogP contribution in [0.5, 0.6) is 0 Å². The van der Waals surface area contributed by atoms with E-state index in [4.69, 9.17) is 4.74 Å². The summed E-state index contributed by atoms with van der Waals surface area (Å²) < 4.78 is 4.90. The molecule has 0 aliphatic heterocycles. The van der Waals surface area contributed by atoms with Crippen LogP contribution in [0.3, 0.4) is 0 Å². The van der Waals surface area contributed by atoms with Crippen LogP contribution >= 0.6 is 0 Å². The fourth-order valence-electron chi connectivity index (χ4n) is 1.34. The molecule has 16 heavy (non-hydrogen) atoms. The second-order valence-corrected chi connectivity index (χ2v) is 3.28. The molecule has 0 aliphatic carbocycles. The van der Waals surface area contributed by atoms with Gasteiger partial charge in [0.1, 0.15) is 18.2 Å². The molecule has 1 aromatic heterocycles. The third kappa shape index (κ3) is 3.49. The van der Waals surface area contributed by atoms with E-state index in [9.17, 15) is 4.79 Å². The molecule has 0 saturated carbocycles. The normalized spacial score (nSPS) is 9.94. The second kappa shape index (κ2) is 6.05. The average Bonchev–Trinajstić information content (AvgIpc) is 2.26. The lowest BCUT2D eigenvalue weighted by atomic mass is 10.4. The van der Waals surface area contributed by atoms with Crippen LogP contribution in [0.25, 0.3) is 0 Å². The molecule has 5 nitrogen and oxygen atoms in total. The molecular formula is C11H17N3O2. The van der Waals surface area contributed by atoms with E-state index in [0.29, 0.717) is 19.0 Å². The molecular weight excluding hydrogens is 206 g/mol. The SMILES string of the molecule is CCOC(=O)CN(CC)c1ccnc(C)n1. The molecule has 1 aromatic rings. The van der Waals surface area contributed by atoms with Gasteiger partial charge in [-0.2, -0.15) is 0 Å². The Balaban J connectivity index is 2.70. The van der Waals surface area contributed by atoms with Crippen LogP contribution in [-0.2, 0) is 9.53 Å². The van der Waals surface area contributed by atoms with Crippen molar-refractivity contribution in [3.63, 3.8) is 0 Å². The maximum atomic E-state index is 11.4. The number of nitrogens with zero attached hydrogens (tertiary/aromatic N) is 3. The van der Waals surface area contributed by atoms with Crippen LogP contribution in [0.2, 0.25) is 0 Å². The summed E-state index contributed by atoms with van der Waals surface area (Å²) in [6, 6.07) is 1.79. The number of esters is 1.